The van der Waals surface area contributed by atoms with Crippen LogP contribution in [0.15, 0.2) is 54.6 Å². The number of hydrogen-bond donors (Lipinski definition) is 4. The van der Waals surface area contributed by atoms with E-state index < -0.39 is 71.4 Å². The maximum absolute atomic E-state index is 14.2. The number of ether oxygens (including phenoxy) is 8. The summed E-state index contributed by atoms with van der Waals surface area (Å²) in [6, 6.07) is 10.8. The number of Topliss-reactive ketones (excluding diaryl/α,β-unsaturated/α-hetero) is 4. The van der Waals surface area contributed by atoms with E-state index >= 15 is 0 Å². The predicted molar refractivity (Wildman–Crippen MR) is 363 cm³/mol. The van der Waals surface area contributed by atoms with Gasteiger partial charge < -0.3 is 59.2 Å². The third-order valence-corrected chi connectivity index (χ3v) is 17.3. The summed E-state index contributed by atoms with van der Waals surface area (Å²) >= 11 is 6.41. The summed E-state index contributed by atoms with van der Waals surface area (Å²) in [7, 11) is 1.49. The summed E-state index contributed by atoms with van der Waals surface area (Å²) in [5, 5.41) is 11.8. The standard InChI is InChI=1S/C73H109ClN4O18/c1-11-13-18-55(80)32-35-90-37-39-92-41-42-93-40-38-91-36-33-65(83)75-34-15-14-21-59(78-69(85)57(49(5)6)46-56(81)20-16-19-54(79)12-2)61(82)30-26-51-24-28-53(29-25-51)68-67(96-68)50(7)62-22-17-23-66(84)77-60(45-52-27-31-63(89-10)58(74)44-52)70(86)76-47-73(8,9)72(88)95-64(43-48(3)4)71(87)94-62/h17,23-25,27-29,31,44,48-50,57,59-60,62,64,67-68H,11-16,18-22,26,30,32-43,45-47H2,1-10H3,(H,75,83)(H,76,86)(H,77,84)(H,78,85)/b23-17+/t50-,57-,59-,60+,62-,64-,67+,68+/m0/s1. The van der Waals surface area contributed by atoms with Crippen LogP contribution in [0.5, 0.6) is 5.75 Å². The molecule has 2 heterocycles. The lowest BCUT2D eigenvalue weighted by Crippen LogP contribution is -2.51. The van der Waals surface area contributed by atoms with E-state index in [-0.39, 0.29) is 111 Å². The molecule has 4 rings (SSSR count). The predicted octanol–water partition coefficient (Wildman–Crippen LogP) is 9.38. The van der Waals surface area contributed by atoms with Gasteiger partial charge >= 0.3 is 11.9 Å². The van der Waals surface area contributed by atoms with Gasteiger partial charge in [-0.3, -0.25) is 43.2 Å². The van der Waals surface area contributed by atoms with Crippen LogP contribution in [0.25, 0.3) is 0 Å². The molecule has 0 unspecified atom stereocenters. The number of halogens is 1. The molecule has 4 amide bonds. The molecule has 8 atom stereocenters. The fraction of sp³-hybridized carbons (Fsp3) is 0.671. The largest absolute Gasteiger partial charge is 0.495 e. The van der Waals surface area contributed by atoms with Crippen LogP contribution in [0.3, 0.4) is 0 Å². The Morgan fingerprint density at radius 2 is 1.36 bits per heavy atom. The highest BCUT2D eigenvalue weighted by atomic mass is 35.5. The number of esters is 2. The maximum Gasteiger partial charge on any atom is 0.347 e. The normalized spacial score (nSPS) is 19.7. The van der Waals surface area contributed by atoms with Crippen LogP contribution >= 0.6 is 11.6 Å². The Morgan fingerprint density at radius 3 is 1.99 bits per heavy atom. The Balaban J connectivity index is 1.36. The number of amides is 4. The highest BCUT2D eigenvalue weighted by Gasteiger charge is 2.48. The van der Waals surface area contributed by atoms with Gasteiger partial charge in [-0.25, -0.2) is 4.79 Å². The van der Waals surface area contributed by atoms with E-state index in [1.807, 2.05) is 58.9 Å². The number of epoxide rings is 1. The first-order valence-corrected chi connectivity index (χ1v) is 34.9. The minimum atomic E-state index is -1.29. The highest BCUT2D eigenvalue weighted by molar-refractivity contribution is 6.32. The van der Waals surface area contributed by atoms with Crippen molar-refractivity contribution < 1.29 is 85.8 Å². The van der Waals surface area contributed by atoms with Gasteiger partial charge in [-0.2, -0.15) is 0 Å². The van der Waals surface area contributed by atoms with Gasteiger partial charge in [-0.15, -0.1) is 0 Å². The van der Waals surface area contributed by atoms with E-state index in [2.05, 4.69) is 28.2 Å². The van der Waals surface area contributed by atoms with Crippen molar-refractivity contribution in [3.63, 3.8) is 0 Å². The van der Waals surface area contributed by atoms with Crippen LogP contribution in [-0.4, -0.2) is 162 Å². The van der Waals surface area contributed by atoms with E-state index in [9.17, 15) is 47.9 Å². The first-order chi connectivity index (χ1) is 45.8. The summed E-state index contributed by atoms with van der Waals surface area (Å²) in [5.74, 6) is -4.13. The topological polar surface area (TPSA) is 296 Å². The van der Waals surface area contributed by atoms with Crippen molar-refractivity contribution in [2.24, 2.45) is 29.1 Å². The Morgan fingerprint density at radius 1 is 0.729 bits per heavy atom. The van der Waals surface area contributed by atoms with Gasteiger partial charge in [0, 0.05) is 89.1 Å². The molecule has 2 aliphatic heterocycles. The Hall–Kier alpha value is -6.43. The highest BCUT2D eigenvalue weighted by Crippen LogP contribution is 2.45. The number of rotatable bonds is 45. The number of nitrogens with one attached hydrogen (secondary N) is 4. The average molecular weight is 1370 g/mol. The zero-order valence-corrected chi connectivity index (χ0v) is 59.3. The average Bonchev–Trinajstić information content (AvgIpc) is 1.45. The monoisotopic (exact) mass is 1360 g/mol. The number of carbonyl (C=O) groups is 10. The van der Waals surface area contributed by atoms with Gasteiger partial charge in [-0.1, -0.05) is 103 Å². The third kappa shape index (κ3) is 31.4. The second-order valence-corrected chi connectivity index (χ2v) is 26.8. The van der Waals surface area contributed by atoms with E-state index in [1.165, 1.54) is 13.2 Å². The lowest BCUT2D eigenvalue weighted by atomic mass is 9.88. The number of carbonyl (C=O) groups excluding carboxylic acids is 10. The zero-order chi connectivity index (χ0) is 70.6. The first-order valence-electron chi connectivity index (χ1n) is 34.5. The first kappa shape index (κ1) is 82.0. The molecule has 536 valence electrons. The smallest absolute Gasteiger partial charge is 0.347 e. The molecule has 0 saturated carbocycles. The molecule has 1 fully saturated rings. The fourth-order valence-corrected chi connectivity index (χ4v) is 11.0. The quantitative estimate of drug-likeness (QED) is 0.0273. The van der Waals surface area contributed by atoms with E-state index in [4.69, 9.17) is 49.5 Å². The molecule has 96 heavy (non-hydrogen) atoms. The maximum atomic E-state index is 14.2. The van der Waals surface area contributed by atoms with Gasteiger partial charge in [-0.05, 0) is 106 Å². The van der Waals surface area contributed by atoms with Crippen molar-refractivity contribution >= 4 is 70.3 Å². The van der Waals surface area contributed by atoms with Gasteiger partial charge in [0.25, 0.3) is 0 Å². The molecular weight excluding hydrogens is 1260 g/mol. The number of benzene rings is 2. The number of hydrogen-bond acceptors (Lipinski definition) is 18. The van der Waals surface area contributed by atoms with Gasteiger partial charge in [0.15, 0.2) is 11.9 Å². The SMILES string of the molecule is CCCCC(=O)CCOCCOCCOCCOCCC(=O)NCCCC[C@H](NC(=O)[C@@H](CC(=O)CCCC(=O)CC)C(C)C)C(=O)CCc1ccc([C@H]2O[C@@H]2[C@@H](C)[C@@H]2C/C=C/C(=O)N[C@H](Cc3ccc(OC)c(Cl)c3)C(=O)NCC(C)(C)C(=O)O[C@@H](CC(C)C)C(=O)O2)cc1. The van der Waals surface area contributed by atoms with E-state index in [1.54, 1.807) is 45.0 Å². The number of aryl methyl sites for hydroxylation is 1. The second kappa shape index (κ2) is 44.5. The Bertz CT molecular complexity index is 2830. The van der Waals surface area contributed by atoms with Crippen LogP contribution < -0.4 is 26.0 Å². The molecule has 2 aliphatic rings. The van der Waals surface area contributed by atoms with Crippen LogP contribution in [0, 0.1) is 29.1 Å². The fourth-order valence-electron chi connectivity index (χ4n) is 10.8. The molecule has 0 spiro atoms. The molecule has 0 aliphatic carbocycles. The number of unbranched alkanes of at least 4 members (excludes halogenated alkanes) is 2. The van der Waals surface area contributed by atoms with Crippen LogP contribution in [0.1, 0.15) is 188 Å². The van der Waals surface area contributed by atoms with Crippen molar-refractivity contribution in [1.82, 2.24) is 21.3 Å². The molecule has 2 aromatic rings. The second-order valence-electron chi connectivity index (χ2n) is 26.4. The van der Waals surface area contributed by atoms with E-state index in [0.717, 1.165) is 24.0 Å². The number of cyclic esters (lactones) is 2. The van der Waals surface area contributed by atoms with Gasteiger partial charge in [0.2, 0.25) is 23.6 Å². The summed E-state index contributed by atoms with van der Waals surface area (Å²) in [4.78, 5) is 133. The molecule has 1 saturated heterocycles. The summed E-state index contributed by atoms with van der Waals surface area (Å²) in [6.45, 7) is 19.4. The van der Waals surface area contributed by atoms with Crippen molar-refractivity contribution in [3.8, 4) is 5.75 Å². The van der Waals surface area contributed by atoms with Crippen molar-refractivity contribution in [1.29, 1.82) is 0 Å². The molecule has 2 aromatic carbocycles. The Kier molecular flexibility index (Phi) is 38.0. The molecule has 22 nitrogen and oxygen atoms in total. The minimum absolute atomic E-state index is 0.0102. The molecular formula is C73H109ClN4O18. The van der Waals surface area contributed by atoms with Crippen LogP contribution in [0.2, 0.25) is 5.02 Å². The molecule has 0 bridgehead atoms. The van der Waals surface area contributed by atoms with Crippen molar-refractivity contribution in [2.75, 3.05) is 73.1 Å². The van der Waals surface area contributed by atoms with Crippen LogP contribution in [0.4, 0.5) is 0 Å². The molecule has 0 radical (unpaired) electrons. The van der Waals surface area contributed by atoms with E-state index in [0.29, 0.717) is 127 Å². The lowest BCUT2D eigenvalue weighted by molar-refractivity contribution is -0.179. The van der Waals surface area contributed by atoms with Crippen molar-refractivity contribution in [2.45, 2.75) is 214 Å². The number of methoxy groups -OCH3 is 1. The molecule has 0 aromatic heterocycles. The number of ketones is 4. The summed E-state index contributed by atoms with van der Waals surface area (Å²) < 4.78 is 45.7. The van der Waals surface area contributed by atoms with Crippen LogP contribution in [-0.2, 0) is 93.9 Å². The Labute approximate surface area is 573 Å². The lowest BCUT2D eigenvalue weighted by Gasteiger charge is -2.29. The summed E-state index contributed by atoms with van der Waals surface area (Å²) in [6.07, 6.45) is 6.42. The molecule has 23 heteroatoms. The van der Waals surface area contributed by atoms with Crippen molar-refractivity contribution in [3.05, 3.63) is 76.3 Å². The third-order valence-electron chi connectivity index (χ3n) is 17.0. The minimum Gasteiger partial charge on any atom is -0.495 e. The van der Waals surface area contributed by atoms with Gasteiger partial charge in [0.05, 0.1) is 82.5 Å². The zero-order valence-electron chi connectivity index (χ0n) is 58.5. The molecule has 4 N–H and O–H groups in total. The van der Waals surface area contributed by atoms with Gasteiger partial charge in [0.1, 0.15) is 41.3 Å². The summed E-state index contributed by atoms with van der Waals surface area (Å²) in [5.41, 5.74) is 1.06.